The molecule has 1 unspecified atom stereocenters. The van der Waals surface area contributed by atoms with Crippen molar-refractivity contribution >= 4 is 11.9 Å². The van der Waals surface area contributed by atoms with Gasteiger partial charge in [0.05, 0.1) is 18.1 Å². The predicted octanol–water partition coefficient (Wildman–Crippen LogP) is 5.38. The summed E-state index contributed by atoms with van der Waals surface area (Å²) in [5.41, 5.74) is -3.29. The van der Waals surface area contributed by atoms with Crippen LogP contribution < -0.4 is 0 Å². The van der Waals surface area contributed by atoms with Gasteiger partial charge in [0.25, 0.3) is 0 Å². The summed E-state index contributed by atoms with van der Waals surface area (Å²) in [6.45, 7) is 11.0. The molecule has 2 rings (SSSR count). The van der Waals surface area contributed by atoms with E-state index in [-0.39, 0.29) is 12.0 Å². The Balaban J connectivity index is 2.36. The average molecular weight is 484 g/mol. The molecule has 0 saturated heterocycles. The van der Waals surface area contributed by atoms with Crippen molar-refractivity contribution in [1.82, 2.24) is 9.97 Å². The molecule has 0 bridgehead atoms. The molecule has 34 heavy (non-hydrogen) atoms. The Labute approximate surface area is 195 Å². The number of rotatable bonds is 6. The van der Waals surface area contributed by atoms with E-state index in [1.807, 2.05) is 20.8 Å². The van der Waals surface area contributed by atoms with Crippen LogP contribution >= 0.6 is 0 Å². The number of esters is 2. The third kappa shape index (κ3) is 5.71. The average Bonchev–Trinajstić information content (AvgIpc) is 2.71. The molecule has 1 heterocycles. The van der Waals surface area contributed by atoms with Crippen LogP contribution in [0.4, 0.5) is 17.6 Å². The zero-order valence-corrected chi connectivity index (χ0v) is 20.2. The molecule has 0 aliphatic carbocycles. The first-order chi connectivity index (χ1) is 15.6. The van der Waals surface area contributed by atoms with Crippen LogP contribution in [0.2, 0.25) is 0 Å². The number of halogens is 4. The van der Waals surface area contributed by atoms with E-state index in [9.17, 15) is 27.2 Å². The van der Waals surface area contributed by atoms with Crippen molar-refractivity contribution in [2.24, 2.45) is 5.41 Å². The summed E-state index contributed by atoms with van der Waals surface area (Å²) in [5, 5.41) is 0. The van der Waals surface area contributed by atoms with E-state index in [0.29, 0.717) is 11.4 Å². The van der Waals surface area contributed by atoms with Crippen molar-refractivity contribution in [3.63, 3.8) is 0 Å². The lowest BCUT2D eigenvalue weighted by Crippen LogP contribution is -2.29. The maximum Gasteiger partial charge on any atom is 0.344 e. The van der Waals surface area contributed by atoms with Crippen molar-refractivity contribution in [2.45, 2.75) is 66.4 Å². The Bertz CT molecular complexity index is 1050. The molecular formula is C24H28F4N2O4. The van der Waals surface area contributed by atoms with Crippen molar-refractivity contribution in [2.75, 3.05) is 6.61 Å². The van der Waals surface area contributed by atoms with Crippen LogP contribution in [0.1, 0.15) is 81.7 Å². The second-order valence-corrected chi connectivity index (χ2v) is 9.83. The molecule has 6 nitrogen and oxygen atoms in total. The molecule has 186 valence electrons. The van der Waals surface area contributed by atoms with Crippen molar-refractivity contribution in [1.29, 1.82) is 0 Å². The predicted molar refractivity (Wildman–Crippen MR) is 115 cm³/mol. The van der Waals surface area contributed by atoms with Gasteiger partial charge in [-0.1, -0.05) is 41.5 Å². The van der Waals surface area contributed by atoms with Gasteiger partial charge >= 0.3 is 11.9 Å². The number of hydrogen-bond acceptors (Lipinski definition) is 6. The van der Waals surface area contributed by atoms with Gasteiger partial charge in [0.1, 0.15) is 18.0 Å². The van der Waals surface area contributed by atoms with E-state index in [2.05, 4.69) is 14.7 Å². The molecule has 0 fully saturated rings. The van der Waals surface area contributed by atoms with Gasteiger partial charge in [-0.2, -0.15) is 0 Å². The van der Waals surface area contributed by atoms with Gasteiger partial charge in [-0.15, -0.1) is 0 Å². The van der Waals surface area contributed by atoms with Crippen LogP contribution in [0.5, 0.6) is 0 Å². The van der Waals surface area contributed by atoms with Crippen molar-refractivity contribution in [3.8, 4) is 0 Å². The second kappa shape index (κ2) is 10.1. The number of carbonyl (C=O) groups is 2. The lowest BCUT2D eigenvalue weighted by atomic mass is 9.77. The fourth-order valence-electron chi connectivity index (χ4n) is 3.28. The minimum Gasteiger partial charge on any atom is -0.462 e. The number of benzene rings is 1. The standard InChI is InChI=1S/C24H28F4N2O4/c1-8-33-20(31)14-18(27)16(25)13(17(26)19(14)28)11-34-21(32)15(23(2,3)4)12-9-29-22(30-10-12)24(5,6)7/h9-10,15H,8,11H2,1-7H3. The van der Waals surface area contributed by atoms with E-state index in [4.69, 9.17) is 4.74 Å². The second-order valence-electron chi connectivity index (χ2n) is 9.83. The Morgan fingerprint density at radius 3 is 1.79 bits per heavy atom. The normalized spacial score (nSPS) is 12.9. The first-order valence-electron chi connectivity index (χ1n) is 10.6. The molecule has 0 radical (unpaired) electrons. The Morgan fingerprint density at radius 1 is 0.882 bits per heavy atom. The van der Waals surface area contributed by atoms with E-state index in [0.717, 1.165) is 0 Å². The summed E-state index contributed by atoms with van der Waals surface area (Å²) in [6.07, 6.45) is 2.94. The lowest BCUT2D eigenvalue weighted by Gasteiger charge is -2.29. The molecule has 0 amide bonds. The van der Waals surface area contributed by atoms with Crippen LogP contribution in [0.25, 0.3) is 0 Å². The summed E-state index contributed by atoms with van der Waals surface area (Å²) in [5.74, 6) is -10.4. The molecule has 1 aromatic heterocycles. The Hall–Kier alpha value is -3.04. The molecule has 1 aromatic carbocycles. The van der Waals surface area contributed by atoms with E-state index in [1.54, 1.807) is 20.8 Å². The topological polar surface area (TPSA) is 78.4 Å². The van der Waals surface area contributed by atoms with Gasteiger partial charge in [-0.05, 0) is 12.3 Å². The highest BCUT2D eigenvalue weighted by Gasteiger charge is 2.36. The summed E-state index contributed by atoms with van der Waals surface area (Å²) in [6, 6.07) is 0. The highest BCUT2D eigenvalue weighted by atomic mass is 19.2. The number of carbonyl (C=O) groups excluding carboxylic acids is 2. The molecule has 0 saturated carbocycles. The van der Waals surface area contributed by atoms with E-state index in [1.165, 1.54) is 19.3 Å². The zero-order valence-electron chi connectivity index (χ0n) is 20.2. The number of hydrogen-bond donors (Lipinski definition) is 0. The molecule has 0 aliphatic heterocycles. The van der Waals surface area contributed by atoms with Crippen LogP contribution in [0.15, 0.2) is 12.4 Å². The van der Waals surface area contributed by atoms with Crippen LogP contribution in [0.3, 0.4) is 0 Å². The van der Waals surface area contributed by atoms with Gasteiger partial charge in [0.2, 0.25) is 0 Å². The molecule has 0 aliphatic rings. The molecule has 0 N–H and O–H groups in total. The Morgan fingerprint density at radius 2 is 1.38 bits per heavy atom. The molecule has 10 heteroatoms. The van der Waals surface area contributed by atoms with Gasteiger partial charge < -0.3 is 9.47 Å². The summed E-state index contributed by atoms with van der Waals surface area (Å²) < 4.78 is 67.1. The highest BCUT2D eigenvalue weighted by Crippen LogP contribution is 2.36. The summed E-state index contributed by atoms with van der Waals surface area (Å²) in [7, 11) is 0. The molecular weight excluding hydrogens is 456 g/mol. The summed E-state index contributed by atoms with van der Waals surface area (Å²) in [4.78, 5) is 33.2. The summed E-state index contributed by atoms with van der Waals surface area (Å²) >= 11 is 0. The van der Waals surface area contributed by atoms with E-state index < -0.39 is 64.3 Å². The number of ether oxygens (including phenoxy) is 2. The van der Waals surface area contributed by atoms with Crippen molar-refractivity contribution in [3.05, 3.63) is 58.2 Å². The molecule has 2 aromatic rings. The smallest absolute Gasteiger partial charge is 0.344 e. The monoisotopic (exact) mass is 484 g/mol. The first-order valence-corrected chi connectivity index (χ1v) is 10.6. The van der Waals surface area contributed by atoms with Gasteiger partial charge in [-0.3, -0.25) is 4.79 Å². The number of aromatic nitrogens is 2. The third-order valence-corrected chi connectivity index (χ3v) is 4.97. The van der Waals surface area contributed by atoms with Gasteiger partial charge in [0, 0.05) is 23.4 Å². The maximum absolute atomic E-state index is 14.5. The van der Waals surface area contributed by atoms with Crippen LogP contribution in [-0.4, -0.2) is 28.5 Å². The fraction of sp³-hybridized carbons (Fsp3) is 0.500. The quantitative estimate of drug-likeness (QED) is 0.311. The van der Waals surface area contributed by atoms with Crippen molar-refractivity contribution < 1.29 is 36.6 Å². The highest BCUT2D eigenvalue weighted by molar-refractivity contribution is 5.90. The minimum absolute atomic E-state index is 0.255. The maximum atomic E-state index is 14.5. The first kappa shape index (κ1) is 27.2. The van der Waals surface area contributed by atoms with Gasteiger partial charge in [-0.25, -0.2) is 32.3 Å². The SMILES string of the molecule is CCOC(=O)c1c(F)c(F)c(COC(=O)C(c2cnc(C(C)(C)C)nc2)C(C)(C)C)c(F)c1F. The Kier molecular flexibility index (Phi) is 8.06. The third-order valence-electron chi connectivity index (χ3n) is 4.97. The van der Waals surface area contributed by atoms with Crippen LogP contribution in [-0.2, 0) is 26.3 Å². The lowest BCUT2D eigenvalue weighted by molar-refractivity contribution is -0.149. The minimum atomic E-state index is -1.93. The molecule has 1 atom stereocenters. The number of nitrogens with zero attached hydrogens (tertiary/aromatic N) is 2. The fourth-order valence-corrected chi connectivity index (χ4v) is 3.28. The van der Waals surface area contributed by atoms with Gasteiger partial charge in [0.15, 0.2) is 23.3 Å². The zero-order chi connectivity index (χ0) is 26.0. The molecule has 0 spiro atoms. The van der Waals surface area contributed by atoms with Crippen LogP contribution in [0, 0.1) is 28.7 Å². The largest absolute Gasteiger partial charge is 0.462 e. The van der Waals surface area contributed by atoms with E-state index >= 15 is 0 Å².